The van der Waals surface area contributed by atoms with Crippen molar-refractivity contribution in [3.63, 3.8) is 0 Å². The summed E-state index contributed by atoms with van der Waals surface area (Å²) >= 11 is 0. The van der Waals surface area contributed by atoms with E-state index in [1.54, 1.807) is 16.9 Å². The minimum absolute atomic E-state index is 0.144. The zero-order chi connectivity index (χ0) is 14.3. The normalized spacial score (nSPS) is 13.9. The first-order valence-corrected chi connectivity index (χ1v) is 6.77. The molecule has 0 aliphatic carbocycles. The Kier molecular flexibility index (Phi) is 6.35. The summed E-state index contributed by atoms with van der Waals surface area (Å²) < 4.78 is 1.80. The van der Waals surface area contributed by atoms with Gasteiger partial charge < -0.3 is 10.4 Å². The molecule has 0 aromatic carbocycles. The number of aromatic nitrogens is 2. The van der Waals surface area contributed by atoms with Gasteiger partial charge in [0, 0.05) is 19.2 Å². The van der Waals surface area contributed by atoms with Gasteiger partial charge in [0.1, 0.15) is 5.82 Å². The smallest absolute Gasteiger partial charge is 0.320 e. The standard InChI is InChI=1S/C13H24N4O2/c1-4-11(3)17-12(5-7-15-17)16-13(19)14-9-10(2)6-8-18/h5,7,10-11,18H,4,6,8-9H2,1-3H3,(H2,14,16,19). The second-order valence-electron chi connectivity index (χ2n) is 4.87. The molecule has 0 bridgehead atoms. The van der Waals surface area contributed by atoms with Crippen LogP contribution in [0.2, 0.25) is 0 Å². The SMILES string of the molecule is CCC(C)n1nccc1NC(=O)NCC(C)CCO. The summed E-state index contributed by atoms with van der Waals surface area (Å²) in [6.45, 7) is 6.81. The van der Waals surface area contributed by atoms with Crippen LogP contribution >= 0.6 is 0 Å². The van der Waals surface area contributed by atoms with Crippen LogP contribution in [-0.2, 0) is 0 Å². The van der Waals surface area contributed by atoms with Gasteiger partial charge in [-0.2, -0.15) is 5.10 Å². The number of carbonyl (C=O) groups is 1. The second kappa shape index (κ2) is 7.78. The lowest BCUT2D eigenvalue weighted by molar-refractivity contribution is 0.243. The number of nitrogens with zero attached hydrogens (tertiary/aromatic N) is 2. The number of hydrogen-bond donors (Lipinski definition) is 3. The summed E-state index contributed by atoms with van der Waals surface area (Å²) in [5.41, 5.74) is 0. The molecule has 2 atom stereocenters. The number of carbonyl (C=O) groups excluding carboxylic acids is 1. The maximum atomic E-state index is 11.8. The van der Waals surface area contributed by atoms with Gasteiger partial charge in [0.15, 0.2) is 0 Å². The fourth-order valence-electron chi connectivity index (χ4n) is 1.69. The van der Waals surface area contributed by atoms with E-state index in [1.165, 1.54) is 0 Å². The zero-order valence-corrected chi connectivity index (χ0v) is 11.9. The third-order valence-electron chi connectivity index (χ3n) is 3.15. The highest BCUT2D eigenvalue weighted by Crippen LogP contribution is 2.16. The molecule has 1 heterocycles. The highest BCUT2D eigenvalue weighted by Gasteiger charge is 2.11. The van der Waals surface area contributed by atoms with E-state index in [1.807, 2.05) is 6.92 Å². The lowest BCUT2D eigenvalue weighted by Gasteiger charge is -2.15. The van der Waals surface area contributed by atoms with Crippen molar-refractivity contribution in [1.82, 2.24) is 15.1 Å². The van der Waals surface area contributed by atoms with Crippen LogP contribution in [0.1, 0.15) is 39.7 Å². The molecular formula is C13H24N4O2. The molecule has 0 fully saturated rings. The van der Waals surface area contributed by atoms with Crippen molar-refractivity contribution >= 4 is 11.8 Å². The van der Waals surface area contributed by atoms with Crippen molar-refractivity contribution in [1.29, 1.82) is 0 Å². The Labute approximate surface area is 114 Å². The van der Waals surface area contributed by atoms with Crippen LogP contribution in [0.15, 0.2) is 12.3 Å². The molecule has 6 heteroatoms. The molecule has 0 saturated carbocycles. The van der Waals surface area contributed by atoms with E-state index >= 15 is 0 Å². The summed E-state index contributed by atoms with van der Waals surface area (Å²) in [4.78, 5) is 11.8. The average molecular weight is 268 g/mol. The van der Waals surface area contributed by atoms with Gasteiger partial charge >= 0.3 is 6.03 Å². The van der Waals surface area contributed by atoms with Gasteiger partial charge in [0.05, 0.1) is 12.2 Å². The third-order valence-corrected chi connectivity index (χ3v) is 3.15. The summed E-state index contributed by atoms with van der Waals surface area (Å²) in [5, 5.41) is 18.6. The predicted molar refractivity (Wildman–Crippen MR) is 75.1 cm³/mol. The van der Waals surface area contributed by atoms with Gasteiger partial charge in [0.25, 0.3) is 0 Å². The van der Waals surface area contributed by atoms with Crippen molar-refractivity contribution < 1.29 is 9.90 Å². The molecule has 0 aliphatic heterocycles. The van der Waals surface area contributed by atoms with Gasteiger partial charge in [-0.05, 0) is 25.7 Å². The number of amides is 2. The molecule has 108 valence electrons. The van der Waals surface area contributed by atoms with Crippen molar-refractivity contribution in [2.45, 2.75) is 39.7 Å². The second-order valence-corrected chi connectivity index (χ2v) is 4.87. The fourth-order valence-corrected chi connectivity index (χ4v) is 1.69. The minimum atomic E-state index is -0.241. The van der Waals surface area contributed by atoms with Crippen LogP contribution in [0.3, 0.4) is 0 Å². The molecule has 2 amide bonds. The van der Waals surface area contributed by atoms with Crippen LogP contribution in [0.5, 0.6) is 0 Å². The third kappa shape index (κ3) is 4.90. The van der Waals surface area contributed by atoms with Crippen molar-refractivity contribution in [3.8, 4) is 0 Å². The van der Waals surface area contributed by atoms with Gasteiger partial charge in [-0.25, -0.2) is 9.48 Å². The number of aliphatic hydroxyl groups excluding tert-OH is 1. The Morgan fingerprint density at radius 2 is 2.26 bits per heavy atom. The summed E-state index contributed by atoms with van der Waals surface area (Å²) in [5.74, 6) is 0.955. The Hall–Kier alpha value is -1.56. The number of aliphatic hydroxyl groups is 1. The predicted octanol–water partition coefficient (Wildman–Crippen LogP) is 1.99. The van der Waals surface area contributed by atoms with E-state index in [0.717, 1.165) is 6.42 Å². The van der Waals surface area contributed by atoms with Gasteiger partial charge in [-0.15, -0.1) is 0 Å². The molecular weight excluding hydrogens is 244 g/mol. The van der Waals surface area contributed by atoms with E-state index in [0.29, 0.717) is 18.8 Å². The lowest BCUT2D eigenvalue weighted by Crippen LogP contribution is -2.33. The van der Waals surface area contributed by atoms with Gasteiger partial charge in [-0.3, -0.25) is 5.32 Å². The van der Waals surface area contributed by atoms with Crippen LogP contribution in [-0.4, -0.2) is 34.1 Å². The molecule has 1 rings (SSSR count). The highest BCUT2D eigenvalue weighted by atomic mass is 16.3. The maximum absolute atomic E-state index is 11.8. The Balaban J connectivity index is 2.46. The van der Waals surface area contributed by atoms with Crippen molar-refractivity contribution in [3.05, 3.63) is 12.3 Å². The van der Waals surface area contributed by atoms with E-state index in [9.17, 15) is 4.79 Å². The summed E-state index contributed by atoms with van der Waals surface area (Å²) in [7, 11) is 0. The van der Waals surface area contributed by atoms with E-state index < -0.39 is 0 Å². The largest absolute Gasteiger partial charge is 0.396 e. The Morgan fingerprint density at radius 3 is 2.89 bits per heavy atom. The molecule has 0 saturated heterocycles. The van der Waals surface area contributed by atoms with Gasteiger partial charge in [0.2, 0.25) is 0 Å². The zero-order valence-electron chi connectivity index (χ0n) is 11.9. The number of urea groups is 1. The number of anilines is 1. The van der Waals surface area contributed by atoms with Crippen LogP contribution in [0.4, 0.5) is 10.6 Å². The average Bonchev–Trinajstić information content (AvgIpc) is 2.84. The molecule has 0 radical (unpaired) electrons. The number of rotatable bonds is 7. The molecule has 0 aliphatic rings. The fraction of sp³-hybridized carbons (Fsp3) is 0.692. The highest BCUT2D eigenvalue weighted by molar-refractivity contribution is 5.88. The molecule has 6 nitrogen and oxygen atoms in total. The number of hydrogen-bond acceptors (Lipinski definition) is 3. The topological polar surface area (TPSA) is 79.2 Å². The minimum Gasteiger partial charge on any atom is -0.396 e. The molecule has 19 heavy (non-hydrogen) atoms. The lowest BCUT2D eigenvalue weighted by atomic mass is 10.1. The Bertz CT molecular complexity index is 392. The first-order valence-electron chi connectivity index (χ1n) is 6.77. The van der Waals surface area contributed by atoms with Crippen LogP contribution in [0.25, 0.3) is 0 Å². The molecule has 3 N–H and O–H groups in total. The van der Waals surface area contributed by atoms with E-state index in [2.05, 4.69) is 29.6 Å². The first kappa shape index (κ1) is 15.5. The van der Waals surface area contributed by atoms with E-state index in [4.69, 9.17) is 5.11 Å². The monoisotopic (exact) mass is 268 g/mol. The number of nitrogens with one attached hydrogen (secondary N) is 2. The van der Waals surface area contributed by atoms with Gasteiger partial charge in [-0.1, -0.05) is 13.8 Å². The van der Waals surface area contributed by atoms with E-state index in [-0.39, 0.29) is 24.6 Å². The van der Waals surface area contributed by atoms with Crippen molar-refractivity contribution in [2.24, 2.45) is 5.92 Å². The van der Waals surface area contributed by atoms with Crippen molar-refractivity contribution in [2.75, 3.05) is 18.5 Å². The molecule has 1 aromatic heterocycles. The van der Waals surface area contributed by atoms with Crippen LogP contribution in [0, 0.1) is 5.92 Å². The Morgan fingerprint density at radius 1 is 1.53 bits per heavy atom. The summed E-state index contributed by atoms with van der Waals surface area (Å²) in [6, 6.07) is 1.79. The molecule has 0 spiro atoms. The first-order chi connectivity index (χ1) is 9.08. The maximum Gasteiger partial charge on any atom is 0.320 e. The summed E-state index contributed by atoms with van der Waals surface area (Å²) in [6.07, 6.45) is 3.31. The quantitative estimate of drug-likeness (QED) is 0.707. The molecule has 2 unspecified atom stereocenters. The van der Waals surface area contributed by atoms with Crippen LogP contribution < -0.4 is 10.6 Å². The molecule has 1 aromatic rings.